The van der Waals surface area contributed by atoms with Gasteiger partial charge in [0.15, 0.2) is 0 Å². The average Bonchev–Trinajstić information content (AvgIpc) is 1.84. The van der Waals surface area contributed by atoms with Crippen LogP contribution in [0.1, 0.15) is 13.8 Å². The molecule has 0 aliphatic rings. The molecule has 0 aromatic heterocycles. The van der Waals surface area contributed by atoms with E-state index in [1.165, 1.54) is 12.4 Å². The highest BCUT2D eigenvalue weighted by Crippen LogP contribution is 1.94. The quantitative estimate of drug-likeness (QED) is 0.507. The van der Waals surface area contributed by atoms with E-state index in [0.717, 1.165) is 11.1 Å². The summed E-state index contributed by atoms with van der Waals surface area (Å²) >= 11 is 0. The molecule has 0 saturated heterocycles. The van der Waals surface area contributed by atoms with Gasteiger partial charge in [0, 0.05) is 12.4 Å². The number of allylic oxidation sites excluding steroid dienone is 2. The van der Waals surface area contributed by atoms with Gasteiger partial charge >= 0.3 is 0 Å². The molecule has 2 heteroatoms. The lowest BCUT2D eigenvalue weighted by atomic mass is 10.2. The van der Waals surface area contributed by atoms with Gasteiger partial charge in [0.1, 0.15) is 0 Å². The van der Waals surface area contributed by atoms with E-state index in [0.29, 0.717) is 0 Å². The third-order valence-electron chi connectivity index (χ3n) is 1.06. The first-order valence-electron chi connectivity index (χ1n) is 2.40. The van der Waals surface area contributed by atoms with Crippen LogP contribution >= 0.6 is 0 Å². The van der Waals surface area contributed by atoms with Crippen LogP contribution in [0, 0.1) is 10.8 Å². The van der Waals surface area contributed by atoms with Gasteiger partial charge in [0.25, 0.3) is 0 Å². The van der Waals surface area contributed by atoms with E-state index in [9.17, 15) is 0 Å². The predicted octanol–water partition coefficient (Wildman–Crippen LogP) is 1.62. The zero-order valence-corrected chi connectivity index (χ0v) is 5.15. The van der Waals surface area contributed by atoms with Gasteiger partial charge in [-0.2, -0.15) is 0 Å². The molecule has 8 heavy (non-hydrogen) atoms. The molecule has 0 spiro atoms. The second kappa shape index (κ2) is 3.13. The smallest absolute Gasteiger partial charge is 0.0210 e. The second-order valence-corrected chi connectivity index (χ2v) is 1.65. The second-order valence-electron chi connectivity index (χ2n) is 1.65. The van der Waals surface area contributed by atoms with Crippen molar-refractivity contribution < 1.29 is 0 Å². The largest absolute Gasteiger partial charge is 0.308 e. The van der Waals surface area contributed by atoms with Gasteiger partial charge < -0.3 is 10.8 Å². The topological polar surface area (TPSA) is 47.7 Å². The highest BCUT2D eigenvalue weighted by molar-refractivity contribution is 5.87. The van der Waals surface area contributed by atoms with E-state index in [1.807, 2.05) is 13.8 Å². The molecule has 2 nitrogen and oxygen atoms in total. The fraction of sp³-hybridized carbons (Fsp3) is 0.333. The van der Waals surface area contributed by atoms with Gasteiger partial charge in [0.05, 0.1) is 0 Å². The van der Waals surface area contributed by atoms with E-state index in [-0.39, 0.29) is 0 Å². The van der Waals surface area contributed by atoms with Crippen molar-refractivity contribution in [3.05, 3.63) is 11.1 Å². The maximum absolute atomic E-state index is 6.76. The molecule has 0 fully saturated rings. The summed E-state index contributed by atoms with van der Waals surface area (Å²) in [4.78, 5) is 0. The van der Waals surface area contributed by atoms with Crippen molar-refractivity contribution in [1.82, 2.24) is 0 Å². The Morgan fingerprint density at radius 2 is 1.25 bits per heavy atom. The molecular weight excluding hydrogens is 100 g/mol. The Labute approximate surface area is 49.2 Å². The van der Waals surface area contributed by atoms with Gasteiger partial charge in [-0.25, -0.2) is 0 Å². The van der Waals surface area contributed by atoms with Crippen LogP contribution in [0.5, 0.6) is 0 Å². The van der Waals surface area contributed by atoms with Crippen molar-refractivity contribution in [2.45, 2.75) is 13.8 Å². The van der Waals surface area contributed by atoms with E-state index >= 15 is 0 Å². The maximum Gasteiger partial charge on any atom is 0.0210 e. The average molecular weight is 110 g/mol. The normalized spacial score (nSPS) is 12.2. The van der Waals surface area contributed by atoms with Crippen molar-refractivity contribution in [2.24, 2.45) is 0 Å². The summed E-state index contributed by atoms with van der Waals surface area (Å²) < 4.78 is 0. The Morgan fingerprint density at radius 3 is 1.38 bits per heavy atom. The van der Waals surface area contributed by atoms with Crippen LogP contribution in [0.25, 0.3) is 0 Å². The summed E-state index contributed by atoms with van der Waals surface area (Å²) in [5, 5.41) is 13.5. The van der Waals surface area contributed by atoms with Crippen LogP contribution in [-0.2, 0) is 0 Å². The van der Waals surface area contributed by atoms with Gasteiger partial charge in [-0.15, -0.1) is 0 Å². The lowest BCUT2D eigenvalue weighted by Crippen LogP contribution is -1.83. The molecule has 0 aliphatic carbocycles. The minimum atomic E-state index is 0.847. The summed E-state index contributed by atoms with van der Waals surface area (Å²) in [7, 11) is 0. The van der Waals surface area contributed by atoms with Gasteiger partial charge in [-0.05, 0) is 25.0 Å². The molecule has 0 aliphatic heterocycles. The van der Waals surface area contributed by atoms with Crippen LogP contribution < -0.4 is 0 Å². The zero-order chi connectivity index (χ0) is 6.57. The van der Waals surface area contributed by atoms with Crippen LogP contribution in [0.2, 0.25) is 0 Å². The Morgan fingerprint density at radius 1 is 1.00 bits per heavy atom. The van der Waals surface area contributed by atoms with Crippen molar-refractivity contribution in [2.75, 3.05) is 0 Å². The molecule has 44 valence electrons. The van der Waals surface area contributed by atoms with Crippen LogP contribution in [0.3, 0.4) is 0 Å². The standard InChI is InChI=1S/C6H10N2/c1-5(3-7)6(2)4-8/h3-4,7-8H,1-2H3/b6-5-,7-3?,8-4?. The van der Waals surface area contributed by atoms with Crippen molar-refractivity contribution in [3.8, 4) is 0 Å². The molecule has 0 heterocycles. The first kappa shape index (κ1) is 7.08. The minimum absolute atomic E-state index is 0.847. The lowest BCUT2D eigenvalue weighted by Gasteiger charge is -1.90. The number of hydrogen-bond acceptors (Lipinski definition) is 2. The van der Waals surface area contributed by atoms with Gasteiger partial charge in [-0.3, -0.25) is 0 Å². The summed E-state index contributed by atoms with van der Waals surface area (Å²) in [5.74, 6) is 0. The van der Waals surface area contributed by atoms with E-state index in [2.05, 4.69) is 0 Å². The fourth-order valence-electron chi connectivity index (χ4n) is 0.228. The molecule has 0 aromatic carbocycles. The van der Waals surface area contributed by atoms with Crippen molar-refractivity contribution in [1.29, 1.82) is 10.8 Å². The Kier molecular flexibility index (Phi) is 2.77. The third kappa shape index (κ3) is 1.69. The highest BCUT2D eigenvalue weighted by atomic mass is 14.3. The number of rotatable bonds is 2. The summed E-state index contributed by atoms with van der Waals surface area (Å²) in [6.07, 6.45) is 2.50. The Hall–Kier alpha value is -0.920. The van der Waals surface area contributed by atoms with Crippen molar-refractivity contribution >= 4 is 12.4 Å². The molecule has 0 radical (unpaired) electrons. The van der Waals surface area contributed by atoms with E-state index in [1.54, 1.807) is 0 Å². The highest BCUT2D eigenvalue weighted by Gasteiger charge is 1.84. The zero-order valence-electron chi connectivity index (χ0n) is 5.15. The van der Waals surface area contributed by atoms with E-state index < -0.39 is 0 Å². The van der Waals surface area contributed by atoms with E-state index in [4.69, 9.17) is 10.8 Å². The van der Waals surface area contributed by atoms with Gasteiger partial charge in [0.2, 0.25) is 0 Å². The van der Waals surface area contributed by atoms with Crippen LogP contribution in [-0.4, -0.2) is 12.4 Å². The number of hydrogen-bond donors (Lipinski definition) is 2. The maximum atomic E-state index is 6.76. The third-order valence-corrected chi connectivity index (χ3v) is 1.06. The SMILES string of the molecule is C/C(C=N)=C(\C)C=N. The molecule has 0 amide bonds. The summed E-state index contributed by atoms with van der Waals surface area (Å²) in [6.45, 7) is 3.63. The molecule has 0 aromatic rings. The lowest BCUT2D eigenvalue weighted by molar-refractivity contribution is 1.42. The Balaban J connectivity index is 4.25. The minimum Gasteiger partial charge on any atom is -0.308 e. The fourth-order valence-corrected chi connectivity index (χ4v) is 0.228. The molecule has 2 N–H and O–H groups in total. The monoisotopic (exact) mass is 110 g/mol. The summed E-state index contributed by atoms with van der Waals surface area (Å²) in [5.41, 5.74) is 1.69. The molecule has 0 bridgehead atoms. The molecular formula is C6H10N2. The molecule has 0 rings (SSSR count). The first-order chi connectivity index (χ1) is 3.72. The molecule has 0 unspecified atom stereocenters. The molecule has 0 atom stereocenters. The number of nitrogens with one attached hydrogen (secondary N) is 2. The van der Waals surface area contributed by atoms with Crippen molar-refractivity contribution in [3.63, 3.8) is 0 Å². The van der Waals surface area contributed by atoms with Crippen LogP contribution in [0.4, 0.5) is 0 Å². The summed E-state index contributed by atoms with van der Waals surface area (Å²) in [6, 6.07) is 0. The first-order valence-corrected chi connectivity index (χ1v) is 2.40. The Bertz CT molecular complexity index is 117. The predicted molar refractivity (Wildman–Crippen MR) is 35.9 cm³/mol. The van der Waals surface area contributed by atoms with Crippen LogP contribution in [0.15, 0.2) is 11.1 Å². The van der Waals surface area contributed by atoms with Gasteiger partial charge in [-0.1, -0.05) is 0 Å². The molecule has 0 saturated carbocycles.